The molecule has 0 saturated heterocycles. The first kappa shape index (κ1) is 15.5. The molecule has 3 aromatic rings. The van der Waals surface area contributed by atoms with Gasteiger partial charge in [-0.2, -0.15) is 0 Å². The summed E-state index contributed by atoms with van der Waals surface area (Å²) in [4.78, 5) is 0. The van der Waals surface area contributed by atoms with Gasteiger partial charge in [-0.05, 0) is 36.7 Å². The molecule has 0 bridgehead atoms. The van der Waals surface area contributed by atoms with Gasteiger partial charge in [0.15, 0.2) is 0 Å². The van der Waals surface area contributed by atoms with Crippen LogP contribution in [0.15, 0.2) is 91.0 Å². The summed E-state index contributed by atoms with van der Waals surface area (Å²) in [7, 11) is 2.02. The molecule has 3 aromatic carbocycles. The van der Waals surface area contributed by atoms with Crippen molar-refractivity contribution < 1.29 is 0 Å². The molecule has 0 fully saturated rings. The smallest absolute Gasteiger partial charge is 0.0463 e. The molecule has 0 aliphatic carbocycles. The van der Waals surface area contributed by atoms with Crippen LogP contribution < -0.4 is 5.32 Å². The molecule has 0 aliphatic heterocycles. The maximum absolute atomic E-state index is 3.33. The highest BCUT2D eigenvalue weighted by molar-refractivity contribution is 5.50. The molecule has 0 saturated carbocycles. The standard InChI is InChI=1S/C22H23N/c1-23-18-17-22(19-11-5-2-6-12-19,20-13-7-3-8-14-20)21-15-9-4-10-16-21/h2-16,23H,17-18H2,1H3. The van der Waals surface area contributed by atoms with Crippen LogP contribution in [-0.4, -0.2) is 13.6 Å². The molecule has 1 N–H and O–H groups in total. The van der Waals surface area contributed by atoms with Crippen LogP contribution in [0.25, 0.3) is 0 Å². The number of benzene rings is 3. The van der Waals surface area contributed by atoms with Gasteiger partial charge in [0.1, 0.15) is 0 Å². The minimum atomic E-state index is -0.132. The van der Waals surface area contributed by atoms with E-state index in [1.165, 1.54) is 16.7 Å². The Morgan fingerprint density at radius 1 is 0.609 bits per heavy atom. The van der Waals surface area contributed by atoms with Gasteiger partial charge in [0.05, 0.1) is 0 Å². The zero-order valence-corrected chi connectivity index (χ0v) is 13.6. The summed E-state index contributed by atoms with van der Waals surface area (Å²) in [5, 5.41) is 3.33. The molecule has 1 nitrogen and oxygen atoms in total. The first-order valence-electron chi connectivity index (χ1n) is 8.19. The van der Waals surface area contributed by atoms with Crippen molar-refractivity contribution >= 4 is 0 Å². The van der Waals surface area contributed by atoms with Crippen LogP contribution in [0, 0.1) is 0 Å². The first-order valence-corrected chi connectivity index (χ1v) is 8.19. The predicted octanol–water partition coefficient (Wildman–Crippen LogP) is 4.63. The summed E-state index contributed by atoms with van der Waals surface area (Å²) in [6.07, 6.45) is 1.02. The lowest BCUT2D eigenvalue weighted by molar-refractivity contribution is 0.539. The summed E-state index contributed by atoms with van der Waals surface area (Å²) in [5.74, 6) is 0. The Morgan fingerprint density at radius 3 is 1.26 bits per heavy atom. The molecule has 0 unspecified atom stereocenters. The first-order chi connectivity index (χ1) is 11.4. The van der Waals surface area contributed by atoms with Gasteiger partial charge in [-0.15, -0.1) is 0 Å². The molecule has 0 heterocycles. The van der Waals surface area contributed by atoms with Crippen molar-refractivity contribution in [1.82, 2.24) is 5.32 Å². The second-order valence-electron chi connectivity index (χ2n) is 5.86. The van der Waals surface area contributed by atoms with E-state index in [0.29, 0.717) is 0 Å². The average molecular weight is 301 g/mol. The Morgan fingerprint density at radius 2 is 0.957 bits per heavy atom. The zero-order chi connectivity index (χ0) is 16.0. The average Bonchev–Trinajstić information content (AvgIpc) is 2.65. The molecule has 116 valence electrons. The second kappa shape index (κ2) is 7.26. The molecule has 23 heavy (non-hydrogen) atoms. The quantitative estimate of drug-likeness (QED) is 0.655. The van der Waals surface area contributed by atoms with Gasteiger partial charge in [0, 0.05) is 5.41 Å². The van der Waals surface area contributed by atoms with Crippen LogP contribution in [-0.2, 0) is 5.41 Å². The summed E-state index contributed by atoms with van der Waals surface area (Å²) in [5.41, 5.74) is 3.89. The van der Waals surface area contributed by atoms with Crippen molar-refractivity contribution in [2.75, 3.05) is 13.6 Å². The molecule has 0 atom stereocenters. The van der Waals surface area contributed by atoms with Crippen molar-refractivity contribution in [1.29, 1.82) is 0 Å². The monoisotopic (exact) mass is 301 g/mol. The van der Waals surface area contributed by atoms with Crippen molar-refractivity contribution in [2.24, 2.45) is 0 Å². The summed E-state index contributed by atoms with van der Waals surface area (Å²) in [6.45, 7) is 0.957. The zero-order valence-electron chi connectivity index (χ0n) is 13.6. The predicted molar refractivity (Wildman–Crippen MR) is 97.8 cm³/mol. The molecule has 0 aromatic heterocycles. The third-order valence-corrected chi connectivity index (χ3v) is 4.55. The highest BCUT2D eigenvalue weighted by Crippen LogP contribution is 2.41. The highest BCUT2D eigenvalue weighted by atomic mass is 14.8. The Bertz CT molecular complexity index is 608. The van der Waals surface area contributed by atoms with Gasteiger partial charge in [-0.1, -0.05) is 91.0 Å². The van der Waals surface area contributed by atoms with E-state index in [4.69, 9.17) is 0 Å². The molecular formula is C22H23N. The molecule has 0 radical (unpaired) electrons. The minimum absolute atomic E-state index is 0.132. The van der Waals surface area contributed by atoms with E-state index in [-0.39, 0.29) is 5.41 Å². The van der Waals surface area contributed by atoms with Crippen molar-refractivity contribution in [2.45, 2.75) is 11.8 Å². The number of rotatable bonds is 6. The largest absolute Gasteiger partial charge is 0.320 e. The van der Waals surface area contributed by atoms with Gasteiger partial charge in [0.2, 0.25) is 0 Å². The van der Waals surface area contributed by atoms with Crippen LogP contribution in [0.4, 0.5) is 0 Å². The lowest BCUT2D eigenvalue weighted by Gasteiger charge is -2.36. The molecule has 0 aliphatic rings. The van der Waals surface area contributed by atoms with Gasteiger partial charge in [-0.3, -0.25) is 0 Å². The minimum Gasteiger partial charge on any atom is -0.320 e. The lowest BCUT2D eigenvalue weighted by atomic mass is 9.67. The van der Waals surface area contributed by atoms with E-state index < -0.39 is 0 Å². The fraction of sp³-hybridized carbons (Fsp3) is 0.182. The van der Waals surface area contributed by atoms with Crippen molar-refractivity contribution in [3.8, 4) is 0 Å². The number of hydrogen-bond acceptors (Lipinski definition) is 1. The fourth-order valence-electron chi connectivity index (χ4n) is 3.41. The fourth-order valence-corrected chi connectivity index (χ4v) is 3.41. The third kappa shape index (κ3) is 3.06. The number of nitrogens with one attached hydrogen (secondary N) is 1. The molecule has 1 heteroatoms. The van der Waals surface area contributed by atoms with E-state index >= 15 is 0 Å². The Balaban J connectivity index is 2.25. The topological polar surface area (TPSA) is 12.0 Å². The molecule has 0 amide bonds. The van der Waals surface area contributed by atoms with Gasteiger partial charge in [-0.25, -0.2) is 0 Å². The van der Waals surface area contributed by atoms with E-state index in [2.05, 4.69) is 96.3 Å². The molecule has 3 rings (SSSR count). The SMILES string of the molecule is CNCCC(c1ccccc1)(c1ccccc1)c1ccccc1. The van der Waals surface area contributed by atoms with Crippen LogP contribution in [0.1, 0.15) is 23.1 Å². The number of hydrogen-bond donors (Lipinski definition) is 1. The van der Waals surface area contributed by atoms with Crippen LogP contribution in [0.2, 0.25) is 0 Å². The van der Waals surface area contributed by atoms with Gasteiger partial charge in [0.25, 0.3) is 0 Å². The van der Waals surface area contributed by atoms with Crippen LogP contribution >= 0.6 is 0 Å². The van der Waals surface area contributed by atoms with E-state index in [9.17, 15) is 0 Å². The third-order valence-electron chi connectivity index (χ3n) is 4.55. The lowest BCUT2D eigenvalue weighted by Crippen LogP contribution is -2.32. The van der Waals surface area contributed by atoms with Gasteiger partial charge < -0.3 is 5.32 Å². The maximum atomic E-state index is 3.33. The summed E-state index contributed by atoms with van der Waals surface area (Å²) in [6, 6.07) is 32.5. The van der Waals surface area contributed by atoms with Crippen molar-refractivity contribution in [3.05, 3.63) is 108 Å². The van der Waals surface area contributed by atoms with E-state index in [1.54, 1.807) is 0 Å². The second-order valence-corrected chi connectivity index (χ2v) is 5.86. The van der Waals surface area contributed by atoms with Gasteiger partial charge >= 0.3 is 0 Å². The van der Waals surface area contributed by atoms with E-state index in [0.717, 1.165) is 13.0 Å². The molecule has 0 spiro atoms. The Hall–Kier alpha value is -2.38. The van der Waals surface area contributed by atoms with Crippen LogP contribution in [0.5, 0.6) is 0 Å². The maximum Gasteiger partial charge on any atom is 0.0463 e. The van der Waals surface area contributed by atoms with Crippen LogP contribution in [0.3, 0.4) is 0 Å². The Kier molecular flexibility index (Phi) is 4.89. The normalized spacial score (nSPS) is 11.3. The molecular weight excluding hydrogens is 278 g/mol. The Labute approximate surface area is 139 Å². The highest BCUT2D eigenvalue weighted by Gasteiger charge is 2.35. The van der Waals surface area contributed by atoms with Crippen molar-refractivity contribution in [3.63, 3.8) is 0 Å². The summed E-state index contributed by atoms with van der Waals surface area (Å²) >= 11 is 0. The summed E-state index contributed by atoms with van der Waals surface area (Å²) < 4.78 is 0. The van der Waals surface area contributed by atoms with E-state index in [1.807, 2.05) is 7.05 Å².